The van der Waals surface area contributed by atoms with E-state index in [0.717, 1.165) is 23.1 Å². The fraction of sp³-hybridized carbons (Fsp3) is 0.235. The second-order valence-corrected chi connectivity index (χ2v) is 5.72. The number of nitro groups is 1. The highest BCUT2D eigenvalue weighted by molar-refractivity contribution is 6.07. The molecule has 0 N–H and O–H groups in total. The van der Waals surface area contributed by atoms with Crippen LogP contribution in [-0.4, -0.2) is 16.3 Å². The summed E-state index contributed by atoms with van der Waals surface area (Å²) in [6.45, 7) is 0. The molecule has 4 rings (SSSR count). The predicted octanol–water partition coefficient (Wildman–Crippen LogP) is 3.23. The standard InChI is InChI=1S/C17H13NO4/c19-15-14-4-2-1-3-11(14)9-10-17(15)16(22-17)12-5-7-13(8-6-12)18(20)21/h1-8,16H,9-10H2/t16-,17+/m1/s1. The van der Waals surface area contributed by atoms with E-state index in [-0.39, 0.29) is 17.6 Å². The smallest absolute Gasteiger partial charge is 0.269 e. The number of hydrogen-bond acceptors (Lipinski definition) is 4. The van der Waals surface area contributed by atoms with Crippen LogP contribution in [0.3, 0.4) is 0 Å². The molecule has 2 aliphatic rings. The number of carbonyl (C=O) groups excluding carboxylic acids is 1. The first kappa shape index (κ1) is 13.2. The van der Waals surface area contributed by atoms with Crippen LogP contribution in [0.5, 0.6) is 0 Å². The van der Waals surface area contributed by atoms with Crippen LogP contribution in [0.4, 0.5) is 5.69 Å². The largest absolute Gasteiger partial charge is 0.352 e. The maximum atomic E-state index is 12.7. The molecule has 1 aliphatic carbocycles. The summed E-state index contributed by atoms with van der Waals surface area (Å²) in [4.78, 5) is 23.0. The first-order valence-electron chi connectivity index (χ1n) is 7.17. The quantitative estimate of drug-likeness (QED) is 0.484. The van der Waals surface area contributed by atoms with E-state index in [9.17, 15) is 14.9 Å². The fourth-order valence-corrected chi connectivity index (χ4v) is 3.27. The molecule has 2 aromatic rings. The van der Waals surface area contributed by atoms with Crippen LogP contribution in [0.15, 0.2) is 48.5 Å². The van der Waals surface area contributed by atoms with Gasteiger partial charge in [-0.05, 0) is 36.1 Å². The van der Waals surface area contributed by atoms with Crippen LogP contribution in [0.1, 0.15) is 34.0 Å². The number of rotatable bonds is 2. The maximum absolute atomic E-state index is 12.7. The van der Waals surface area contributed by atoms with Gasteiger partial charge in [-0.2, -0.15) is 0 Å². The highest BCUT2D eigenvalue weighted by atomic mass is 16.6. The SMILES string of the molecule is O=C1c2ccccc2CC[C@]12O[C@@H]2c1ccc([N+](=O)[O-])cc1. The first-order valence-corrected chi connectivity index (χ1v) is 7.17. The Balaban J connectivity index is 1.64. The average molecular weight is 295 g/mol. The van der Waals surface area contributed by atoms with Crippen molar-refractivity contribution < 1.29 is 14.5 Å². The minimum Gasteiger partial charge on any atom is -0.352 e. The third-order valence-corrected chi connectivity index (χ3v) is 4.51. The number of nitro benzene ring substituents is 1. The number of ketones is 1. The number of non-ortho nitro benzene ring substituents is 1. The van der Waals surface area contributed by atoms with Gasteiger partial charge in [-0.25, -0.2) is 0 Å². The number of hydrogen-bond donors (Lipinski definition) is 0. The lowest BCUT2D eigenvalue weighted by Gasteiger charge is -2.20. The van der Waals surface area contributed by atoms with Gasteiger partial charge < -0.3 is 4.74 Å². The lowest BCUT2D eigenvalue weighted by Crippen LogP contribution is -2.31. The van der Waals surface area contributed by atoms with Crippen LogP contribution in [0.2, 0.25) is 0 Å². The zero-order valence-corrected chi connectivity index (χ0v) is 11.7. The molecule has 2 aromatic carbocycles. The lowest BCUT2D eigenvalue weighted by molar-refractivity contribution is -0.384. The molecule has 1 saturated heterocycles. The second-order valence-electron chi connectivity index (χ2n) is 5.72. The van der Waals surface area contributed by atoms with Crippen LogP contribution in [0.25, 0.3) is 0 Å². The molecule has 0 amide bonds. The Labute approximate surface area is 126 Å². The van der Waals surface area contributed by atoms with Crippen LogP contribution in [0, 0.1) is 10.1 Å². The van der Waals surface area contributed by atoms with E-state index in [1.165, 1.54) is 12.1 Å². The van der Waals surface area contributed by atoms with Crippen molar-refractivity contribution in [3.05, 3.63) is 75.3 Å². The third-order valence-electron chi connectivity index (χ3n) is 4.51. The molecule has 1 heterocycles. The normalized spacial score (nSPS) is 25.8. The molecule has 0 unspecified atom stereocenters. The summed E-state index contributed by atoms with van der Waals surface area (Å²) < 4.78 is 5.78. The molecule has 22 heavy (non-hydrogen) atoms. The molecular formula is C17H13NO4. The van der Waals surface area contributed by atoms with Crippen molar-refractivity contribution in [2.45, 2.75) is 24.5 Å². The number of aryl methyl sites for hydroxylation is 1. The molecule has 1 aliphatic heterocycles. The minimum atomic E-state index is -0.773. The maximum Gasteiger partial charge on any atom is 0.269 e. The molecule has 0 radical (unpaired) electrons. The number of carbonyl (C=O) groups is 1. The van der Waals surface area contributed by atoms with E-state index in [1.54, 1.807) is 12.1 Å². The lowest BCUT2D eigenvalue weighted by atomic mass is 9.79. The summed E-state index contributed by atoms with van der Waals surface area (Å²) in [7, 11) is 0. The predicted molar refractivity (Wildman–Crippen MR) is 78.7 cm³/mol. The zero-order valence-electron chi connectivity index (χ0n) is 11.7. The van der Waals surface area contributed by atoms with Crippen molar-refractivity contribution in [1.29, 1.82) is 0 Å². The Kier molecular flexibility index (Phi) is 2.68. The van der Waals surface area contributed by atoms with Gasteiger partial charge in [-0.15, -0.1) is 0 Å². The molecule has 1 spiro atoms. The molecule has 0 aromatic heterocycles. The Bertz CT molecular complexity index is 784. The molecule has 0 saturated carbocycles. The summed E-state index contributed by atoms with van der Waals surface area (Å²) in [5.41, 5.74) is 1.89. The summed E-state index contributed by atoms with van der Waals surface area (Å²) in [5.74, 6) is 0.0257. The average Bonchev–Trinajstić information content (AvgIpc) is 3.27. The molecule has 2 atom stereocenters. The number of epoxide rings is 1. The van der Waals surface area contributed by atoms with Crippen molar-refractivity contribution in [3.8, 4) is 0 Å². The minimum absolute atomic E-state index is 0.0257. The van der Waals surface area contributed by atoms with Gasteiger partial charge in [0.2, 0.25) is 0 Å². The highest BCUT2D eigenvalue weighted by Gasteiger charge is 2.63. The number of fused-ring (bicyclic) bond motifs is 1. The summed E-state index contributed by atoms with van der Waals surface area (Å²) in [5, 5.41) is 10.7. The molecule has 0 bridgehead atoms. The van der Waals surface area contributed by atoms with Gasteiger partial charge in [0.15, 0.2) is 11.4 Å². The van der Waals surface area contributed by atoms with Crippen molar-refractivity contribution in [2.24, 2.45) is 0 Å². The van der Waals surface area contributed by atoms with E-state index in [1.807, 2.05) is 24.3 Å². The van der Waals surface area contributed by atoms with Gasteiger partial charge in [-0.1, -0.05) is 24.3 Å². The highest BCUT2D eigenvalue weighted by Crippen LogP contribution is 2.56. The second kappa shape index (κ2) is 4.48. The molecule has 5 nitrogen and oxygen atoms in total. The molecule has 1 fully saturated rings. The molecule has 110 valence electrons. The van der Waals surface area contributed by atoms with Crippen molar-refractivity contribution >= 4 is 11.5 Å². The summed E-state index contributed by atoms with van der Waals surface area (Å²) in [6.07, 6.45) is 1.17. The van der Waals surface area contributed by atoms with Crippen molar-refractivity contribution in [2.75, 3.05) is 0 Å². The van der Waals surface area contributed by atoms with Gasteiger partial charge in [0.25, 0.3) is 5.69 Å². The van der Waals surface area contributed by atoms with E-state index in [4.69, 9.17) is 4.74 Å². The Hall–Kier alpha value is -2.53. The molecule has 5 heteroatoms. The van der Waals surface area contributed by atoms with E-state index < -0.39 is 10.5 Å². The Morgan fingerprint density at radius 3 is 2.59 bits per heavy atom. The van der Waals surface area contributed by atoms with Crippen LogP contribution >= 0.6 is 0 Å². The van der Waals surface area contributed by atoms with Gasteiger partial charge in [0.05, 0.1) is 4.92 Å². The Morgan fingerprint density at radius 2 is 1.86 bits per heavy atom. The first-order chi connectivity index (χ1) is 10.6. The van der Waals surface area contributed by atoms with Gasteiger partial charge >= 0.3 is 0 Å². The summed E-state index contributed by atoms with van der Waals surface area (Å²) in [6, 6.07) is 13.9. The number of ether oxygens (including phenoxy) is 1. The molecular weight excluding hydrogens is 282 g/mol. The van der Waals surface area contributed by atoms with Crippen molar-refractivity contribution in [3.63, 3.8) is 0 Å². The zero-order chi connectivity index (χ0) is 15.3. The number of Topliss-reactive ketones (excluding diaryl/α,β-unsaturated/α-hetero) is 1. The number of benzene rings is 2. The monoisotopic (exact) mass is 295 g/mol. The fourth-order valence-electron chi connectivity index (χ4n) is 3.27. The van der Waals surface area contributed by atoms with Gasteiger partial charge in [0, 0.05) is 17.7 Å². The topological polar surface area (TPSA) is 72.7 Å². The van der Waals surface area contributed by atoms with Crippen LogP contribution < -0.4 is 0 Å². The van der Waals surface area contributed by atoms with Gasteiger partial charge in [-0.3, -0.25) is 14.9 Å². The van der Waals surface area contributed by atoms with E-state index in [0.29, 0.717) is 6.42 Å². The van der Waals surface area contributed by atoms with Gasteiger partial charge in [0.1, 0.15) is 6.10 Å². The Morgan fingerprint density at radius 1 is 1.14 bits per heavy atom. The van der Waals surface area contributed by atoms with E-state index in [2.05, 4.69) is 0 Å². The third kappa shape index (κ3) is 1.79. The number of nitrogens with zero attached hydrogens (tertiary/aromatic N) is 1. The van der Waals surface area contributed by atoms with Crippen LogP contribution in [-0.2, 0) is 11.2 Å². The van der Waals surface area contributed by atoms with E-state index >= 15 is 0 Å². The van der Waals surface area contributed by atoms with Crippen molar-refractivity contribution in [1.82, 2.24) is 0 Å². The summed E-state index contributed by atoms with van der Waals surface area (Å²) >= 11 is 0.